The number of aryl methyl sites for hydroxylation is 1. The van der Waals surface area contributed by atoms with Gasteiger partial charge in [-0.25, -0.2) is 4.68 Å². The van der Waals surface area contributed by atoms with E-state index >= 15 is 0 Å². The van der Waals surface area contributed by atoms with Gasteiger partial charge in [0.2, 0.25) is 5.95 Å². The summed E-state index contributed by atoms with van der Waals surface area (Å²) in [4.78, 5) is 6.35. The van der Waals surface area contributed by atoms with Crippen molar-refractivity contribution in [2.45, 2.75) is 0 Å². The quantitative estimate of drug-likeness (QED) is 0.806. The van der Waals surface area contributed by atoms with E-state index in [1.165, 1.54) is 0 Å². The second-order valence-electron chi connectivity index (χ2n) is 4.03. The van der Waals surface area contributed by atoms with Crippen LogP contribution in [0.4, 0.5) is 5.95 Å². The Kier molecular flexibility index (Phi) is 3.23. The first-order valence-electron chi connectivity index (χ1n) is 5.48. The van der Waals surface area contributed by atoms with E-state index in [4.69, 9.17) is 0 Å². The van der Waals surface area contributed by atoms with E-state index in [9.17, 15) is 0 Å². The molecule has 0 radical (unpaired) electrons. The zero-order chi connectivity index (χ0) is 12.3. The number of aromatic nitrogens is 3. The van der Waals surface area contributed by atoms with E-state index in [1.54, 1.807) is 4.68 Å². The molecule has 0 bridgehead atoms. The molecular formula is C13H16N4. The number of rotatable bonds is 3. The largest absolute Gasteiger partial charge is 0.347 e. The Morgan fingerprint density at radius 3 is 2.41 bits per heavy atom. The van der Waals surface area contributed by atoms with Crippen molar-refractivity contribution in [2.75, 3.05) is 19.0 Å². The molecule has 0 aliphatic carbocycles. The third-order valence-electron chi connectivity index (χ3n) is 2.38. The molecule has 88 valence electrons. The van der Waals surface area contributed by atoms with E-state index in [0.29, 0.717) is 0 Å². The van der Waals surface area contributed by atoms with Crippen LogP contribution in [0.3, 0.4) is 0 Å². The molecule has 1 aromatic heterocycles. The fourth-order valence-electron chi connectivity index (χ4n) is 1.59. The molecule has 2 rings (SSSR count). The second-order valence-corrected chi connectivity index (χ2v) is 4.03. The highest BCUT2D eigenvalue weighted by Crippen LogP contribution is 2.09. The van der Waals surface area contributed by atoms with E-state index in [-0.39, 0.29) is 0 Å². The lowest BCUT2D eigenvalue weighted by Gasteiger charge is -2.08. The van der Waals surface area contributed by atoms with Gasteiger partial charge in [-0.05, 0) is 11.6 Å². The van der Waals surface area contributed by atoms with Crippen LogP contribution >= 0.6 is 0 Å². The Hall–Kier alpha value is -2.10. The summed E-state index contributed by atoms with van der Waals surface area (Å²) in [5.41, 5.74) is 1.14. The van der Waals surface area contributed by atoms with Gasteiger partial charge in [0.15, 0.2) is 5.82 Å². The van der Waals surface area contributed by atoms with Crippen molar-refractivity contribution in [1.29, 1.82) is 0 Å². The zero-order valence-electron chi connectivity index (χ0n) is 10.3. The van der Waals surface area contributed by atoms with Crippen molar-refractivity contribution in [2.24, 2.45) is 7.05 Å². The molecule has 0 unspecified atom stereocenters. The Labute approximate surface area is 101 Å². The van der Waals surface area contributed by atoms with Crippen molar-refractivity contribution in [3.63, 3.8) is 0 Å². The summed E-state index contributed by atoms with van der Waals surface area (Å²) in [6.45, 7) is 0. The first-order valence-corrected chi connectivity index (χ1v) is 5.48. The van der Waals surface area contributed by atoms with Gasteiger partial charge in [0.1, 0.15) is 0 Å². The Morgan fingerprint density at radius 1 is 1.12 bits per heavy atom. The number of benzene rings is 1. The number of anilines is 1. The number of hydrogen-bond acceptors (Lipinski definition) is 3. The van der Waals surface area contributed by atoms with Gasteiger partial charge < -0.3 is 4.90 Å². The number of hydrogen-bond donors (Lipinski definition) is 0. The van der Waals surface area contributed by atoms with Gasteiger partial charge in [-0.1, -0.05) is 36.4 Å². The molecule has 0 spiro atoms. The molecule has 17 heavy (non-hydrogen) atoms. The first kappa shape index (κ1) is 11.4. The highest BCUT2D eigenvalue weighted by atomic mass is 15.4. The van der Waals surface area contributed by atoms with Crippen molar-refractivity contribution < 1.29 is 0 Å². The van der Waals surface area contributed by atoms with Gasteiger partial charge in [-0.3, -0.25) is 0 Å². The van der Waals surface area contributed by atoms with E-state index in [1.807, 2.05) is 68.5 Å². The third kappa shape index (κ3) is 2.72. The second kappa shape index (κ2) is 4.82. The average molecular weight is 228 g/mol. The monoisotopic (exact) mass is 228 g/mol. The molecule has 0 N–H and O–H groups in total. The summed E-state index contributed by atoms with van der Waals surface area (Å²) in [5.74, 6) is 1.57. The smallest absolute Gasteiger partial charge is 0.223 e. The zero-order valence-corrected chi connectivity index (χ0v) is 10.3. The lowest BCUT2D eigenvalue weighted by molar-refractivity contribution is 0.749. The van der Waals surface area contributed by atoms with Gasteiger partial charge in [0, 0.05) is 21.1 Å². The lowest BCUT2D eigenvalue weighted by atomic mass is 10.2. The molecular weight excluding hydrogens is 212 g/mol. The molecule has 1 heterocycles. The van der Waals surface area contributed by atoms with Gasteiger partial charge >= 0.3 is 0 Å². The minimum absolute atomic E-state index is 0.722. The highest BCUT2D eigenvalue weighted by Gasteiger charge is 2.05. The highest BCUT2D eigenvalue weighted by molar-refractivity contribution is 5.66. The number of nitrogens with zero attached hydrogens (tertiary/aromatic N) is 4. The van der Waals surface area contributed by atoms with Gasteiger partial charge in [0.25, 0.3) is 0 Å². The van der Waals surface area contributed by atoms with Crippen LogP contribution in [0.25, 0.3) is 12.2 Å². The predicted octanol–water partition coefficient (Wildman–Crippen LogP) is 2.05. The van der Waals surface area contributed by atoms with Crippen molar-refractivity contribution >= 4 is 18.1 Å². The molecule has 0 fully saturated rings. The first-order chi connectivity index (χ1) is 8.16. The van der Waals surface area contributed by atoms with Crippen molar-refractivity contribution in [3.8, 4) is 0 Å². The molecule has 0 amide bonds. The summed E-state index contributed by atoms with van der Waals surface area (Å²) in [6.07, 6.45) is 3.93. The maximum atomic E-state index is 4.42. The normalized spacial score (nSPS) is 11.0. The topological polar surface area (TPSA) is 34.0 Å². The van der Waals surface area contributed by atoms with Gasteiger partial charge in [-0.15, -0.1) is 0 Å². The molecule has 0 aliphatic heterocycles. The fraction of sp³-hybridized carbons (Fsp3) is 0.231. The summed E-state index contributed by atoms with van der Waals surface area (Å²) < 4.78 is 1.77. The van der Waals surface area contributed by atoms with Crippen LogP contribution in [0, 0.1) is 0 Å². The van der Waals surface area contributed by atoms with Gasteiger partial charge in [-0.2, -0.15) is 10.1 Å². The predicted molar refractivity (Wildman–Crippen MR) is 70.7 cm³/mol. The van der Waals surface area contributed by atoms with Crippen LogP contribution in [-0.2, 0) is 7.05 Å². The Bertz CT molecular complexity index is 511. The molecule has 4 nitrogen and oxygen atoms in total. The minimum atomic E-state index is 0.722. The van der Waals surface area contributed by atoms with Crippen LogP contribution in [0.15, 0.2) is 30.3 Å². The van der Waals surface area contributed by atoms with Crippen LogP contribution < -0.4 is 4.90 Å². The van der Waals surface area contributed by atoms with Crippen LogP contribution in [0.1, 0.15) is 11.4 Å². The summed E-state index contributed by atoms with van der Waals surface area (Å²) in [5, 5.41) is 4.32. The molecule has 4 heteroatoms. The van der Waals surface area contributed by atoms with Crippen molar-refractivity contribution in [1.82, 2.24) is 14.8 Å². The lowest BCUT2D eigenvalue weighted by Crippen LogP contribution is -2.14. The van der Waals surface area contributed by atoms with Crippen LogP contribution in [0.2, 0.25) is 0 Å². The molecule has 0 aliphatic rings. The standard InChI is InChI=1S/C13H16N4/c1-16(2)13-14-12(15-17(13)3)10-9-11-7-5-4-6-8-11/h4-10H,1-3H3/b10-9+. The molecule has 2 aromatic rings. The van der Waals surface area contributed by atoms with Crippen molar-refractivity contribution in [3.05, 3.63) is 41.7 Å². The fourth-order valence-corrected chi connectivity index (χ4v) is 1.59. The van der Waals surface area contributed by atoms with E-state index in [0.717, 1.165) is 17.3 Å². The molecule has 0 saturated carbocycles. The summed E-state index contributed by atoms with van der Waals surface area (Å²) >= 11 is 0. The third-order valence-corrected chi connectivity index (χ3v) is 2.38. The Morgan fingerprint density at radius 2 is 1.82 bits per heavy atom. The summed E-state index contributed by atoms with van der Waals surface area (Å²) in [6, 6.07) is 10.1. The maximum absolute atomic E-state index is 4.42. The maximum Gasteiger partial charge on any atom is 0.223 e. The molecule has 1 aromatic carbocycles. The average Bonchev–Trinajstić information content (AvgIpc) is 2.69. The summed E-state index contributed by atoms with van der Waals surface area (Å²) in [7, 11) is 5.80. The van der Waals surface area contributed by atoms with E-state index < -0.39 is 0 Å². The Balaban J connectivity index is 2.20. The van der Waals surface area contributed by atoms with Crippen LogP contribution in [-0.4, -0.2) is 28.9 Å². The molecule has 0 atom stereocenters. The minimum Gasteiger partial charge on any atom is -0.347 e. The van der Waals surface area contributed by atoms with Crippen LogP contribution in [0.5, 0.6) is 0 Å². The SMILES string of the molecule is CN(C)c1nc(/C=C/c2ccccc2)nn1C. The van der Waals surface area contributed by atoms with Gasteiger partial charge in [0.05, 0.1) is 0 Å². The molecule has 0 saturated heterocycles. The van der Waals surface area contributed by atoms with E-state index in [2.05, 4.69) is 10.1 Å².